The Kier molecular flexibility index (Phi) is 3.19. The third-order valence-electron chi connectivity index (χ3n) is 3.69. The van der Waals surface area contributed by atoms with Crippen LogP contribution in [0.3, 0.4) is 0 Å². The average molecular weight is 320 g/mol. The van der Waals surface area contributed by atoms with Gasteiger partial charge >= 0.3 is 0 Å². The van der Waals surface area contributed by atoms with Gasteiger partial charge in [-0.3, -0.25) is 9.89 Å². The summed E-state index contributed by atoms with van der Waals surface area (Å²) < 4.78 is 1.85. The van der Waals surface area contributed by atoms with Crippen molar-refractivity contribution in [2.24, 2.45) is 0 Å². The Hall–Kier alpha value is -3.35. The van der Waals surface area contributed by atoms with Crippen LogP contribution >= 0.6 is 0 Å². The fourth-order valence-corrected chi connectivity index (χ4v) is 2.63. The minimum atomic E-state index is -0.0925. The number of amides is 1. The van der Waals surface area contributed by atoms with Crippen LogP contribution in [0.15, 0.2) is 42.5 Å². The van der Waals surface area contributed by atoms with Gasteiger partial charge in [-0.2, -0.15) is 4.98 Å². The van der Waals surface area contributed by atoms with Crippen LogP contribution in [0, 0.1) is 6.92 Å². The quantitative estimate of drug-likeness (QED) is 0.541. The molecule has 4 rings (SSSR count). The maximum Gasteiger partial charge on any atom is 0.253 e. The van der Waals surface area contributed by atoms with Crippen LogP contribution in [0.25, 0.3) is 16.8 Å². The van der Waals surface area contributed by atoms with Gasteiger partial charge in [-0.15, -0.1) is 0 Å². The molecule has 2 aromatic heterocycles. The molecule has 0 aliphatic rings. The predicted molar refractivity (Wildman–Crippen MR) is 93.6 cm³/mol. The highest BCUT2D eigenvalue weighted by Crippen LogP contribution is 2.20. The Balaban J connectivity index is 1.61. The first-order valence-electron chi connectivity index (χ1n) is 7.58. The van der Waals surface area contributed by atoms with Crippen molar-refractivity contribution in [1.82, 2.24) is 19.6 Å². The number of nitrogens with one attached hydrogen (secondary N) is 3. The van der Waals surface area contributed by atoms with Crippen molar-refractivity contribution in [3.63, 3.8) is 0 Å². The van der Waals surface area contributed by atoms with E-state index >= 15 is 0 Å². The van der Waals surface area contributed by atoms with E-state index in [0.29, 0.717) is 11.7 Å². The van der Waals surface area contributed by atoms with E-state index < -0.39 is 0 Å². The van der Waals surface area contributed by atoms with Crippen molar-refractivity contribution in [2.45, 2.75) is 13.8 Å². The summed E-state index contributed by atoms with van der Waals surface area (Å²) in [6, 6.07) is 13.5. The number of aryl methyl sites for hydroxylation is 1. The number of benzene rings is 2. The standard InChI is InChI=1S/C17H16N6O/c1-10-3-8-15-14(9-10)20-17-21-16(22-23(15)17)19-13-6-4-12(5-7-13)18-11(2)24/h3-9H,1-2H3,(H,18,24)(H2,19,20,21,22). The average Bonchev–Trinajstić information content (AvgIpc) is 3.05. The van der Waals surface area contributed by atoms with E-state index in [1.807, 2.05) is 53.9 Å². The van der Waals surface area contributed by atoms with Crippen molar-refractivity contribution >= 4 is 40.0 Å². The molecule has 7 nitrogen and oxygen atoms in total. The van der Waals surface area contributed by atoms with Gasteiger partial charge < -0.3 is 10.6 Å². The second-order valence-corrected chi connectivity index (χ2v) is 5.70. The number of nitrogens with zero attached hydrogens (tertiary/aromatic N) is 3. The van der Waals surface area contributed by atoms with Gasteiger partial charge in [0.05, 0.1) is 11.0 Å². The normalized spacial score (nSPS) is 11.1. The predicted octanol–water partition coefficient (Wildman–Crippen LogP) is 3.22. The van der Waals surface area contributed by atoms with E-state index in [2.05, 4.69) is 25.7 Å². The molecular formula is C17H16N6O. The number of anilines is 3. The lowest BCUT2D eigenvalue weighted by Gasteiger charge is -2.05. The van der Waals surface area contributed by atoms with E-state index in [1.54, 1.807) is 0 Å². The molecule has 0 aliphatic heterocycles. The Morgan fingerprint density at radius 2 is 1.83 bits per heavy atom. The smallest absolute Gasteiger partial charge is 0.253 e. The third kappa shape index (κ3) is 2.56. The molecule has 24 heavy (non-hydrogen) atoms. The summed E-state index contributed by atoms with van der Waals surface area (Å²) in [6.45, 7) is 3.52. The van der Waals surface area contributed by atoms with Crippen molar-refractivity contribution in [3.05, 3.63) is 48.0 Å². The molecule has 7 heteroatoms. The molecule has 0 aliphatic carbocycles. The first kappa shape index (κ1) is 14.3. The Labute approximate surface area is 137 Å². The molecule has 0 unspecified atom stereocenters. The number of fused-ring (bicyclic) bond motifs is 3. The lowest BCUT2D eigenvalue weighted by Crippen LogP contribution is -2.05. The topological polar surface area (TPSA) is 87.1 Å². The summed E-state index contributed by atoms with van der Waals surface area (Å²) in [5.41, 5.74) is 4.68. The summed E-state index contributed by atoms with van der Waals surface area (Å²) >= 11 is 0. The number of imidazole rings is 1. The lowest BCUT2D eigenvalue weighted by atomic mass is 10.2. The van der Waals surface area contributed by atoms with Crippen LogP contribution in [0.5, 0.6) is 0 Å². The number of aromatic amines is 1. The van der Waals surface area contributed by atoms with Crippen LogP contribution < -0.4 is 10.6 Å². The summed E-state index contributed by atoms with van der Waals surface area (Å²) in [5, 5.41) is 9.13. The number of carbonyl (C=O) groups is 1. The summed E-state index contributed by atoms with van der Waals surface area (Å²) in [5.74, 6) is 1.13. The van der Waals surface area contributed by atoms with Crippen LogP contribution in [0.1, 0.15) is 12.5 Å². The Morgan fingerprint density at radius 1 is 1.08 bits per heavy atom. The number of hydrogen-bond donors (Lipinski definition) is 3. The molecule has 3 N–H and O–H groups in total. The molecule has 0 bridgehead atoms. The molecule has 120 valence electrons. The van der Waals surface area contributed by atoms with Crippen LogP contribution in [-0.2, 0) is 4.79 Å². The maximum atomic E-state index is 11.0. The number of H-pyrrole nitrogens is 1. The number of carbonyl (C=O) groups excluding carboxylic acids is 1. The summed E-state index contributed by atoms with van der Waals surface area (Å²) in [6.07, 6.45) is 0. The molecule has 4 aromatic rings. The SMILES string of the molecule is CC(=O)Nc1ccc(Nc2nc3nc4cc(C)ccc4n3[nH]2)cc1. The monoisotopic (exact) mass is 320 g/mol. The highest BCUT2D eigenvalue weighted by atomic mass is 16.1. The zero-order valence-electron chi connectivity index (χ0n) is 13.3. The highest BCUT2D eigenvalue weighted by molar-refractivity contribution is 5.88. The fourth-order valence-electron chi connectivity index (χ4n) is 2.63. The second kappa shape index (κ2) is 5.38. The van der Waals surface area contributed by atoms with Gasteiger partial charge in [0.2, 0.25) is 11.9 Å². The minimum Gasteiger partial charge on any atom is -0.326 e. The number of rotatable bonds is 3. The molecule has 0 radical (unpaired) electrons. The molecule has 0 saturated carbocycles. The molecule has 0 saturated heterocycles. The van der Waals surface area contributed by atoms with Crippen molar-refractivity contribution < 1.29 is 4.79 Å². The van der Waals surface area contributed by atoms with Crippen molar-refractivity contribution in [3.8, 4) is 0 Å². The Bertz CT molecular complexity index is 1040. The molecule has 2 aromatic carbocycles. The molecule has 1 amide bonds. The minimum absolute atomic E-state index is 0.0925. The van der Waals surface area contributed by atoms with Crippen molar-refractivity contribution in [2.75, 3.05) is 10.6 Å². The van der Waals surface area contributed by atoms with E-state index in [1.165, 1.54) is 12.5 Å². The van der Waals surface area contributed by atoms with E-state index in [-0.39, 0.29) is 5.91 Å². The van der Waals surface area contributed by atoms with Gasteiger partial charge in [0.15, 0.2) is 0 Å². The van der Waals surface area contributed by atoms with E-state index in [9.17, 15) is 4.79 Å². The van der Waals surface area contributed by atoms with Crippen LogP contribution in [0.2, 0.25) is 0 Å². The van der Waals surface area contributed by atoms with Gasteiger partial charge in [-0.05, 0) is 48.9 Å². The third-order valence-corrected chi connectivity index (χ3v) is 3.69. The molecule has 0 spiro atoms. The van der Waals surface area contributed by atoms with Gasteiger partial charge in [0, 0.05) is 18.3 Å². The fraction of sp³-hybridized carbons (Fsp3) is 0.118. The molecular weight excluding hydrogens is 304 g/mol. The maximum absolute atomic E-state index is 11.0. The van der Waals surface area contributed by atoms with Gasteiger partial charge in [-0.1, -0.05) is 6.07 Å². The summed E-state index contributed by atoms with van der Waals surface area (Å²) in [4.78, 5) is 20.0. The number of hydrogen-bond acceptors (Lipinski definition) is 4. The number of aromatic nitrogens is 4. The molecule has 0 atom stereocenters. The van der Waals surface area contributed by atoms with Gasteiger partial charge in [0.1, 0.15) is 0 Å². The first-order valence-corrected chi connectivity index (χ1v) is 7.58. The van der Waals surface area contributed by atoms with Gasteiger partial charge in [0.25, 0.3) is 5.78 Å². The molecule has 2 heterocycles. The van der Waals surface area contributed by atoms with Crippen molar-refractivity contribution in [1.29, 1.82) is 0 Å². The van der Waals surface area contributed by atoms with Crippen LogP contribution in [-0.4, -0.2) is 25.5 Å². The highest BCUT2D eigenvalue weighted by Gasteiger charge is 2.09. The Morgan fingerprint density at radius 3 is 2.58 bits per heavy atom. The first-order chi connectivity index (χ1) is 11.6. The zero-order chi connectivity index (χ0) is 16.7. The van der Waals surface area contributed by atoms with E-state index in [4.69, 9.17) is 0 Å². The van der Waals surface area contributed by atoms with E-state index in [0.717, 1.165) is 22.4 Å². The van der Waals surface area contributed by atoms with Crippen LogP contribution in [0.4, 0.5) is 17.3 Å². The lowest BCUT2D eigenvalue weighted by molar-refractivity contribution is -0.114. The summed E-state index contributed by atoms with van der Waals surface area (Å²) in [7, 11) is 0. The second-order valence-electron chi connectivity index (χ2n) is 5.70. The largest absolute Gasteiger partial charge is 0.326 e. The van der Waals surface area contributed by atoms with Gasteiger partial charge in [-0.25, -0.2) is 9.50 Å². The molecule has 0 fully saturated rings. The zero-order valence-corrected chi connectivity index (χ0v) is 13.3.